The van der Waals surface area contributed by atoms with Gasteiger partial charge in [0.1, 0.15) is 0 Å². The number of nitrogens with zero attached hydrogens (tertiary/aromatic N) is 2. The standard InChI is InChI=1S/C36H44N2O/c1-3-4-5-14-29-19-21-30(22-20-29)36(39)38(25-12-24-37-23-11-10-13-28(37)2)27-35-33-17-8-6-15-31(33)26-32-16-7-9-18-34(32)35/h6-9,15-22,26,28H,3-5,10-14,23-25,27H2,1-2H3. The largest absolute Gasteiger partial charge is 0.334 e. The van der Waals surface area contributed by atoms with E-state index in [1.165, 1.54) is 77.7 Å². The van der Waals surface area contributed by atoms with Gasteiger partial charge in [-0.2, -0.15) is 0 Å². The van der Waals surface area contributed by atoms with E-state index in [1.54, 1.807) is 0 Å². The van der Waals surface area contributed by atoms with Crippen LogP contribution in [0, 0.1) is 0 Å². The number of fused-ring (bicyclic) bond motifs is 2. The molecule has 3 nitrogen and oxygen atoms in total. The van der Waals surface area contributed by atoms with Gasteiger partial charge in [0.25, 0.3) is 5.91 Å². The van der Waals surface area contributed by atoms with Crippen LogP contribution in [-0.2, 0) is 13.0 Å². The third-order valence-electron chi connectivity index (χ3n) is 8.60. The first-order valence-corrected chi connectivity index (χ1v) is 15.2. The number of carbonyl (C=O) groups excluding carboxylic acids is 1. The molecule has 1 saturated heterocycles. The van der Waals surface area contributed by atoms with Crippen molar-refractivity contribution in [3.63, 3.8) is 0 Å². The number of likely N-dealkylation sites (tertiary alicyclic amines) is 1. The van der Waals surface area contributed by atoms with Crippen LogP contribution in [0.5, 0.6) is 0 Å². The second-order valence-electron chi connectivity index (χ2n) is 11.4. The minimum atomic E-state index is 0.138. The summed E-state index contributed by atoms with van der Waals surface area (Å²) < 4.78 is 0. The van der Waals surface area contributed by atoms with E-state index in [1.807, 2.05) is 12.1 Å². The zero-order chi connectivity index (χ0) is 27.0. The molecule has 1 aliphatic rings. The van der Waals surface area contributed by atoms with E-state index in [2.05, 4.69) is 90.4 Å². The van der Waals surface area contributed by atoms with Crippen molar-refractivity contribution in [3.05, 3.63) is 95.6 Å². The highest BCUT2D eigenvalue weighted by Crippen LogP contribution is 2.30. The van der Waals surface area contributed by atoms with Crippen LogP contribution in [0.1, 0.15) is 80.3 Å². The minimum Gasteiger partial charge on any atom is -0.334 e. The lowest BCUT2D eigenvalue weighted by molar-refractivity contribution is 0.0728. The third kappa shape index (κ3) is 6.70. The monoisotopic (exact) mass is 520 g/mol. The molecule has 0 bridgehead atoms. The molecule has 1 fully saturated rings. The van der Waals surface area contributed by atoms with E-state index in [9.17, 15) is 4.79 Å². The molecule has 0 spiro atoms. The highest BCUT2D eigenvalue weighted by molar-refractivity contribution is 6.03. The zero-order valence-corrected chi connectivity index (χ0v) is 23.9. The Labute approximate surface area is 234 Å². The van der Waals surface area contributed by atoms with Gasteiger partial charge in [0.15, 0.2) is 0 Å². The maximum atomic E-state index is 14.1. The number of amides is 1. The molecule has 4 aromatic carbocycles. The molecule has 0 aliphatic carbocycles. The number of carbonyl (C=O) groups is 1. The van der Waals surface area contributed by atoms with Crippen LogP contribution in [0.3, 0.4) is 0 Å². The van der Waals surface area contributed by atoms with Crippen LogP contribution in [0.15, 0.2) is 78.9 Å². The van der Waals surface area contributed by atoms with E-state index in [-0.39, 0.29) is 5.91 Å². The lowest BCUT2D eigenvalue weighted by Gasteiger charge is -2.34. The SMILES string of the molecule is CCCCCc1ccc(C(=O)N(CCCN2CCCCC2C)Cc2c3ccccc3cc3ccccc23)cc1. The molecule has 5 rings (SSSR count). The normalized spacial score (nSPS) is 16.1. The van der Waals surface area contributed by atoms with Crippen molar-refractivity contribution in [2.75, 3.05) is 19.6 Å². The van der Waals surface area contributed by atoms with Crippen molar-refractivity contribution in [1.82, 2.24) is 9.80 Å². The van der Waals surface area contributed by atoms with Crippen LogP contribution in [0.2, 0.25) is 0 Å². The molecule has 1 unspecified atom stereocenters. The van der Waals surface area contributed by atoms with Crippen LogP contribution in [0.4, 0.5) is 0 Å². The van der Waals surface area contributed by atoms with E-state index < -0.39 is 0 Å². The first-order chi connectivity index (χ1) is 19.1. The summed E-state index contributed by atoms with van der Waals surface area (Å²) in [5.41, 5.74) is 3.37. The molecule has 1 heterocycles. The average molecular weight is 521 g/mol. The predicted molar refractivity (Wildman–Crippen MR) is 165 cm³/mol. The molecular weight excluding hydrogens is 476 g/mol. The molecular formula is C36H44N2O. The number of rotatable bonds is 11. The van der Waals surface area contributed by atoms with Crippen molar-refractivity contribution in [3.8, 4) is 0 Å². The summed E-state index contributed by atoms with van der Waals surface area (Å²) in [5, 5.41) is 4.95. The second-order valence-corrected chi connectivity index (χ2v) is 11.4. The number of hydrogen-bond acceptors (Lipinski definition) is 2. The Bertz CT molecular complexity index is 1320. The second kappa shape index (κ2) is 13.3. The van der Waals surface area contributed by atoms with Gasteiger partial charge in [0, 0.05) is 31.2 Å². The fourth-order valence-electron chi connectivity index (χ4n) is 6.25. The molecule has 39 heavy (non-hydrogen) atoms. The summed E-state index contributed by atoms with van der Waals surface area (Å²) in [6.07, 6.45) is 9.68. The maximum Gasteiger partial charge on any atom is 0.254 e. The molecule has 0 saturated carbocycles. The van der Waals surface area contributed by atoms with Gasteiger partial charge in [0.05, 0.1) is 0 Å². The predicted octanol–water partition coefficient (Wildman–Crippen LogP) is 8.63. The summed E-state index contributed by atoms with van der Waals surface area (Å²) >= 11 is 0. The summed E-state index contributed by atoms with van der Waals surface area (Å²) in [6.45, 7) is 8.21. The summed E-state index contributed by atoms with van der Waals surface area (Å²) in [7, 11) is 0. The Kier molecular flexibility index (Phi) is 9.32. The van der Waals surface area contributed by atoms with Crippen LogP contribution >= 0.6 is 0 Å². The minimum absolute atomic E-state index is 0.138. The molecule has 4 aromatic rings. The number of piperidine rings is 1. The lowest BCUT2D eigenvalue weighted by Crippen LogP contribution is -2.40. The maximum absolute atomic E-state index is 14.1. The number of unbranched alkanes of at least 4 members (excludes halogenated alkanes) is 2. The van der Waals surface area contributed by atoms with E-state index in [4.69, 9.17) is 0 Å². The topological polar surface area (TPSA) is 23.6 Å². The first kappa shape index (κ1) is 27.4. The molecule has 3 heteroatoms. The Morgan fingerprint density at radius 3 is 2.23 bits per heavy atom. The number of aryl methyl sites for hydroxylation is 1. The van der Waals surface area contributed by atoms with Gasteiger partial charge in [-0.15, -0.1) is 0 Å². The van der Waals surface area contributed by atoms with E-state index in [0.717, 1.165) is 31.5 Å². The summed E-state index contributed by atoms with van der Waals surface area (Å²) in [5.74, 6) is 0.138. The van der Waals surface area contributed by atoms with Gasteiger partial charge < -0.3 is 9.80 Å². The molecule has 1 amide bonds. The summed E-state index contributed by atoms with van der Waals surface area (Å²) in [4.78, 5) is 18.8. The van der Waals surface area contributed by atoms with Crippen molar-refractivity contribution in [2.24, 2.45) is 0 Å². The van der Waals surface area contributed by atoms with Crippen molar-refractivity contribution in [2.45, 2.75) is 77.8 Å². The molecule has 0 N–H and O–H groups in total. The van der Waals surface area contributed by atoms with Crippen molar-refractivity contribution in [1.29, 1.82) is 0 Å². The van der Waals surface area contributed by atoms with Gasteiger partial charge in [-0.3, -0.25) is 4.79 Å². The van der Waals surface area contributed by atoms with E-state index >= 15 is 0 Å². The fourth-order valence-corrected chi connectivity index (χ4v) is 6.25. The fraction of sp³-hybridized carbons (Fsp3) is 0.417. The molecule has 1 atom stereocenters. The molecule has 204 valence electrons. The number of benzene rings is 4. The lowest BCUT2D eigenvalue weighted by atomic mass is 9.96. The average Bonchev–Trinajstić information content (AvgIpc) is 2.97. The first-order valence-electron chi connectivity index (χ1n) is 15.2. The Morgan fingerprint density at radius 2 is 1.56 bits per heavy atom. The van der Waals surface area contributed by atoms with E-state index in [0.29, 0.717) is 12.6 Å². The van der Waals surface area contributed by atoms with Crippen LogP contribution in [-0.4, -0.2) is 41.4 Å². The van der Waals surface area contributed by atoms with Crippen molar-refractivity contribution < 1.29 is 4.79 Å². The van der Waals surface area contributed by atoms with Crippen LogP contribution in [0.25, 0.3) is 21.5 Å². The third-order valence-corrected chi connectivity index (χ3v) is 8.60. The van der Waals surface area contributed by atoms with Gasteiger partial charge in [-0.25, -0.2) is 0 Å². The zero-order valence-electron chi connectivity index (χ0n) is 23.9. The highest BCUT2D eigenvalue weighted by Gasteiger charge is 2.21. The Hall–Kier alpha value is -3.17. The van der Waals surface area contributed by atoms with Gasteiger partial charge >= 0.3 is 0 Å². The van der Waals surface area contributed by atoms with Gasteiger partial charge in [-0.1, -0.05) is 86.8 Å². The van der Waals surface area contributed by atoms with Gasteiger partial charge in [0.2, 0.25) is 0 Å². The highest BCUT2D eigenvalue weighted by atomic mass is 16.2. The summed E-state index contributed by atoms with van der Waals surface area (Å²) in [6, 6.07) is 28.5. The Morgan fingerprint density at radius 1 is 0.872 bits per heavy atom. The molecule has 0 radical (unpaired) electrons. The van der Waals surface area contributed by atoms with Gasteiger partial charge in [-0.05, 0) is 96.4 Å². The molecule has 0 aromatic heterocycles. The van der Waals surface area contributed by atoms with Crippen LogP contribution < -0.4 is 0 Å². The van der Waals surface area contributed by atoms with Crippen molar-refractivity contribution >= 4 is 27.5 Å². The smallest absolute Gasteiger partial charge is 0.254 e. The number of hydrogen-bond donors (Lipinski definition) is 0. The quantitative estimate of drug-likeness (QED) is 0.146. The molecule has 1 aliphatic heterocycles. The Balaban J connectivity index is 1.42.